The number of rotatable bonds is 2. The number of hydrogen-bond donors (Lipinski definition) is 4. The van der Waals surface area contributed by atoms with Gasteiger partial charge in [0.05, 0.1) is 37.5 Å². The molecule has 0 aromatic carbocycles. The Morgan fingerprint density at radius 1 is 0.920 bits per heavy atom. The Labute approximate surface area is 288 Å². The fourth-order valence-corrected chi connectivity index (χ4v) is 9.49. The Morgan fingerprint density at radius 2 is 1.60 bits per heavy atom. The van der Waals surface area contributed by atoms with Gasteiger partial charge in [-0.3, -0.25) is 24.2 Å². The second kappa shape index (κ2) is 12.5. The summed E-state index contributed by atoms with van der Waals surface area (Å²) in [6, 6.07) is 1.73. The molecule has 23 heteroatoms. The van der Waals surface area contributed by atoms with Crippen molar-refractivity contribution in [3.63, 3.8) is 0 Å². The summed E-state index contributed by atoms with van der Waals surface area (Å²) in [6.45, 7) is -4.57. The highest BCUT2D eigenvalue weighted by atomic mass is 32.5. The van der Waals surface area contributed by atoms with Gasteiger partial charge in [-0.1, -0.05) is 0 Å². The smallest absolute Gasteiger partial charge is 0.325 e. The van der Waals surface area contributed by atoms with E-state index in [1.165, 1.54) is 17.1 Å². The summed E-state index contributed by atoms with van der Waals surface area (Å²) in [5, 5.41) is 12.9. The van der Waals surface area contributed by atoms with Gasteiger partial charge < -0.3 is 42.2 Å². The first kappa shape index (κ1) is 33.2. The first-order chi connectivity index (χ1) is 24.1. The summed E-state index contributed by atoms with van der Waals surface area (Å²) in [5.74, 6) is 0.439. The molecule has 5 aliphatic rings. The zero-order valence-corrected chi connectivity index (χ0v) is 28.4. The summed E-state index contributed by atoms with van der Waals surface area (Å²) in [7, 11) is 1.49. The van der Waals surface area contributed by atoms with Gasteiger partial charge >= 0.3 is 6.72 Å². The molecule has 4 aromatic rings. The van der Waals surface area contributed by atoms with E-state index >= 15 is 4.39 Å². The number of aliphatic hydroxyl groups is 1. The summed E-state index contributed by atoms with van der Waals surface area (Å²) < 4.78 is 68.0. The van der Waals surface area contributed by atoms with Gasteiger partial charge in [0, 0.05) is 36.8 Å². The fraction of sp³-hybridized carbons (Fsp3) is 0.519. The number of pyridine rings is 1. The maximum absolute atomic E-state index is 16.4. The maximum Gasteiger partial charge on any atom is 0.325 e. The topological polar surface area (TPSA) is 204 Å². The summed E-state index contributed by atoms with van der Waals surface area (Å²) in [6.07, 6.45) is -3.97. The molecule has 3 fully saturated rings. The minimum absolute atomic E-state index is 0.350. The van der Waals surface area contributed by atoms with Crippen LogP contribution >= 0.6 is 14.2 Å². The first-order valence-corrected chi connectivity index (χ1v) is 19.9. The SMILES string of the molecule is [B]P1(=O)OC[C@H]2O[C@@H](n3cc4c5c(ncnc53)NOCC4)C(O)[C@H]2OP(O)(=S)OC[C@H]2O[C@@H](n3cc4c5c(ccnc53)NOCC4)[C@@H](F)C2O1. The van der Waals surface area contributed by atoms with Crippen molar-refractivity contribution in [3.05, 3.63) is 42.1 Å². The molecule has 18 nitrogen and oxygen atoms in total. The number of ether oxygens (including phenoxy) is 2. The largest absolute Gasteiger partial charge is 0.386 e. The third kappa shape index (κ3) is 5.69. The van der Waals surface area contributed by atoms with Gasteiger partial charge in [0.2, 0.25) is 7.57 Å². The van der Waals surface area contributed by atoms with Gasteiger partial charge in [0.1, 0.15) is 48.1 Å². The second-order valence-electron chi connectivity index (χ2n) is 12.3. The zero-order valence-electron chi connectivity index (χ0n) is 25.8. The highest BCUT2D eigenvalue weighted by molar-refractivity contribution is 8.07. The number of nitrogens with zero attached hydrogens (tertiary/aromatic N) is 5. The third-order valence-corrected chi connectivity index (χ3v) is 11.9. The summed E-state index contributed by atoms with van der Waals surface area (Å²) in [4.78, 5) is 35.1. The first-order valence-electron chi connectivity index (χ1n) is 15.7. The van der Waals surface area contributed by atoms with Gasteiger partial charge in [0.25, 0.3) is 7.47 Å². The zero-order chi connectivity index (χ0) is 34.4. The summed E-state index contributed by atoms with van der Waals surface area (Å²) in [5.41, 5.74) is 8.81. The number of alkyl halides is 1. The number of nitrogens with one attached hydrogen (secondary N) is 2. The molecule has 0 amide bonds. The van der Waals surface area contributed by atoms with E-state index in [4.69, 9.17) is 56.6 Å². The van der Waals surface area contributed by atoms with Crippen molar-refractivity contribution in [1.82, 2.24) is 24.1 Å². The van der Waals surface area contributed by atoms with Crippen LogP contribution < -0.4 is 11.0 Å². The maximum atomic E-state index is 16.4. The molecule has 10 atom stereocenters. The lowest BCUT2D eigenvalue weighted by atomic mass is 10.1. The van der Waals surface area contributed by atoms with Crippen LogP contribution in [0.1, 0.15) is 23.6 Å². The van der Waals surface area contributed by atoms with E-state index < -0.39 is 76.6 Å². The van der Waals surface area contributed by atoms with Crippen LogP contribution in [0.4, 0.5) is 15.9 Å². The molecule has 5 aliphatic heterocycles. The molecular weight excluding hydrogens is 722 g/mol. The van der Waals surface area contributed by atoms with Crippen molar-refractivity contribution in [2.75, 3.05) is 37.4 Å². The van der Waals surface area contributed by atoms with E-state index in [1.807, 2.05) is 0 Å². The summed E-state index contributed by atoms with van der Waals surface area (Å²) >= 11 is 5.33. The van der Waals surface area contributed by atoms with E-state index in [2.05, 4.69) is 25.9 Å². The van der Waals surface area contributed by atoms with Crippen molar-refractivity contribution in [1.29, 1.82) is 0 Å². The van der Waals surface area contributed by atoms with Crippen LogP contribution in [0.3, 0.4) is 0 Å². The van der Waals surface area contributed by atoms with Crippen LogP contribution in [0.25, 0.3) is 22.1 Å². The molecule has 0 spiro atoms. The molecule has 0 saturated carbocycles. The molecule has 0 aliphatic carbocycles. The van der Waals surface area contributed by atoms with Gasteiger partial charge in [-0.05, 0) is 29.0 Å². The molecule has 4 aromatic heterocycles. The van der Waals surface area contributed by atoms with E-state index in [0.29, 0.717) is 54.2 Å². The van der Waals surface area contributed by atoms with Gasteiger partial charge in [-0.25, -0.2) is 24.8 Å². The van der Waals surface area contributed by atoms with E-state index in [1.54, 1.807) is 23.0 Å². The van der Waals surface area contributed by atoms with Crippen LogP contribution in [-0.2, 0) is 66.5 Å². The minimum atomic E-state index is -4.53. The molecule has 3 saturated heterocycles. The Kier molecular flexibility index (Phi) is 8.32. The average Bonchev–Trinajstić information content (AvgIpc) is 3.71. The van der Waals surface area contributed by atoms with Crippen molar-refractivity contribution in [3.8, 4) is 0 Å². The Bertz CT molecular complexity index is 1930. The Morgan fingerprint density at radius 3 is 2.42 bits per heavy atom. The van der Waals surface area contributed by atoms with Gasteiger partial charge in [0.15, 0.2) is 24.4 Å². The fourth-order valence-electron chi connectivity index (χ4n) is 7.04. The lowest BCUT2D eigenvalue weighted by molar-refractivity contribution is -0.0570. The number of aliphatic hydroxyl groups excluding tert-OH is 1. The quantitative estimate of drug-likeness (QED) is 0.171. The average molecular weight is 751 g/mol. The lowest BCUT2D eigenvalue weighted by Crippen LogP contribution is -2.38. The molecule has 9 heterocycles. The van der Waals surface area contributed by atoms with E-state index in [9.17, 15) is 14.6 Å². The third-order valence-electron chi connectivity index (χ3n) is 9.25. The second-order valence-corrected chi connectivity index (χ2v) is 16.6. The van der Waals surface area contributed by atoms with Crippen LogP contribution in [-0.4, -0.2) is 105 Å². The van der Waals surface area contributed by atoms with Gasteiger partial charge in [-0.2, -0.15) is 0 Å². The van der Waals surface area contributed by atoms with Crippen molar-refractivity contribution >= 4 is 67.1 Å². The highest BCUT2D eigenvalue weighted by Gasteiger charge is 2.53. The van der Waals surface area contributed by atoms with Crippen LogP contribution in [0, 0.1) is 0 Å². The minimum Gasteiger partial charge on any atom is -0.386 e. The normalized spacial score (nSPS) is 37.5. The molecule has 9 rings (SSSR count). The molecule has 2 radical (unpaired) electrons. The molecule has 50 heavy (non-hydrogen) atoms. The van der Waals surface area contributed by atoms with Gasteiger partial charge in [-0.15, -0.1) is 0 Å². The lowest BCUT2D eigenvalue weighted by Gasteiger charge is -2.30. The van der Waals surface area contributed by atoms with E-state index in [0.717, 1.165) is 16.5 Å². The number of halogens is 1. The number of aromatic nitrogens is 5. The van der Waals surface area contributed by atoms with Crippen molar-refractivity contribution in [2.24, 2.45) is 0 Å². The standard InChI is InChI=1S/C27H29BFN7O11P2S/c28-48(38)42-9-16-22(20(37)27(45-16)36-8-13-3-6-41-34-23-18(13)25(36)32-11-31-23)47-49(39,50)43-10-15-21(46-48)19(29)26(44-15)35-7-12-2-5-40-33-14-1-4-30-24(35)17(12)14/h1,4,7-8,11,15-16,19-22,26-27,33,37H,2-3,5-6,9-10H2,(H,39,50)(H,31,32,34)/t15-,16-,19+,20?,21?,22+,26-,27-,48?,49?/m1/s1. The molecule has 0 bridgehead atoms. The molecular formula is C27H29BFN7O11P2S. The van der Waals surface area contributed by atoms with Crippen molar-refractivity contribution in [2.45, 2.75) is 62.0 Å². The Hall–Kier alpha value is -2.62. The van der Waals surface area contributed by atoms with Crippen LogP contribution in [0.5, 0.6) is 0 Å². The molecule has 4 unspecified atom stereocenters. The van der Waals surface area contributed by atoms with Crippen LogP contribution in [0.15, 0.2) is 31.0 Å². The molecule has 4 N–H and O–H groups in total. The number of anilines is 2. The number of hydrogen-bond acceptors (Lipinski definition) is 16. The highest BCUT2D eigenvalue weighted by Crippen LogP contribution is 2.54. The monoisotopic (exact) mass is 751 g/mol. The Balaban J connectivity index is 1.00. The van der Waals surface area contributed by atoms with E-state index in [-0.39, 0.29) is 0 Å². The predicted octanol–water partition coefficient (Wildman–Crippen LogP) is 2.08. The number of fused-ring (bicyclic) bond motifs is 2. The predicted molar refractivity (Wildman–Crippen MR) is 174 cm³/mol. The molecule has 264 valence electrons. The van der Waals surface area contributed by atoms with Crippen LogP contribution in [0.2, 0.25) is 0 Å². The van der Waals surface area contributed by atoms with Crippen molar-refractivity contribution < 1.29 is 56.2 Å².